The van der Waals surface area contributed by atoms with Gasteiger partial charge >= 0.3 is 5.97 Å². The van der Waals surface area contributed by atoms with Crippen LogP contribution in [0.15, 0.2) is 12.2 Å². The molecule has 0 aliphatic carbocycles. The van der Waals surface area contributed by atoms with Gasteiger partial charge < -0.3 is 9.47 Å². The van der Waals surface area contributed by atoms with Gasteiger partial charge in [0, 0.05) is 6.42 Å². The number of fused-ring (bicyclic) bond motifs is 1. The van der Waals surface area contributed by atoms with E-state index in [2.05, 4.69) is 46.8 Å². The van der Waals surface area contributed by atoms with Crippen molar-refractivity contribution < 1.29 is 14.3 Å². The minimum atomic E-state index is -0.362. The van der Waals surface area contributed by atoms with Crippen LogP contribution in [0.1, 0.15) is 86.0 Å². The van der Waals surface area contributed by atoms with E-state index in [0.717, 1.165) is 32.1 Å². The van der Waals surface area contributed by atoms with Gasteiger partial charge in [0.2, 0.25) is 0 Å². The van der Waals surface area contributed by atoms with E-state index >= 15 is 0 Å². The van der Waals surface area contributed by atoms with E-state index < -0.39 is 0 Å². The lowest BCUT2D eigenvalue weighted by Crippen LogP contribution is -2.36. The molecule has 0 spiro atoms. The molecule has 2 aliphatic heterocycles. The number of hydrogen-bond acceptors (Lipinski definition) is 3. The highest BCUT2D eigenvalue weighted by Crippen LogP contribution is 2.51. The lowest BCUT2D eigenvalue weighted by atomic mass is 9.78. The Morgan fingerprint density at radius 3 is 2.54 bits per heavy atom. The Labute approximate surface area is 148 Å². The summed E-state index contributed by atoms with van der Waals surface area (Å²) in [5.41, 5.74) is -0.480. The van der Waals surface area contributed by atoms with Crippen LogP contribution < -0.4 is 0 Å². The summed E-state index contributed by atoms with van der Waals surface area (Å²) in [7, 11) is 0. The molecule has 0 bridgehead atoms. The highest BCUT2D eigenvalue weighted by molar-refractivity contribution is 5.73. The minimum Gasteiger partial charge on any atom is -0.456 e. The highest BCUT2D eigenvalue weighted by atomic mass is 16.6. The van der Waals surface area contributed by atoms with Crippen LogP contribution in [-0.2, 0) is 14.3 Å². The monoisotopic (exact) mass is 336 g/mol. The standard InChI is InChI=1S/C21H36O3/c1-6-10-11-17(7-2)12-16(5)14-20(8-3)15-21(9-4)18(23-20)13-19(22)24-21/h10-11,16-18H,6-9,12-15H2,1-5H3/b11-10+/t16-,17-,18-,20-,21-/m0/s1. The van der Waals surface area contributed by atoms with Crippen LogP contribution in [-0.4, -0.2) is 23.3 Å². The lowest BCUT2D eigenvalue weighted by molar-refractivity contribution is -0.149. The molecule has 138 valence electrons. The minimum absolute atomic E-state index is 0.0379. The summed E-state index contributed by atoms with van der Waals surface area (Å²) in [6, 6.07) is 0. The molecule has 2 rings (SSSR count). The summed E-state index contributed by atoms with van der Waals surface area (Å²) in [5.74, 6) is 1.18. The van der Waals surface area contributed by atoms with Crippen LogP contribution >= 0.6 is 0 Å². The van der Waals surface area contributed by atoms with Gasteiger partial charge in [-0.15, -0.1) is 0 Å². The number of rotatable bonds is 9. The SMILES string of the molecule is CC/C=C/[C@H](CC)C[C@H](C)C[C@@]1(CC)C[C@]2(CC)OC(=O)C[C@@H]2O1. The molecule has 0 unspecified atom stereocenters. The second-order valence-electron chi connectivity index (χ2n) is 7.97. The summed E-state index contributed by atoms with van der Waals surface area (Å²) >= 11 is 0. The average molecular weight is 337 g/mol. The molecular formula is C21H36O3. The molecule has 2 heterocycles. The third-order valence-corrected chi connectivity index (χ3v) is 6.11. The van der Waals surface area contributed by atoms with Gasteiger partial charge in [0.05, 0.1) is 12.0 Å². The second-order valence-corrected chi connectivity index (χ2v) is 7.97. The van der Waals surface area contributed by atoms with Gasteiger partial charge in [-0.1, -0.05) is 46.8 Å². The van der Waals surface area contributed by atoms with E-state index in [1.807, 2.05) is 0 Å². The fraction of sp³-hybridized carbons (Fsp3) is 0.857. The number of allylic oxidation sites excluding steroid dienone is 2. The predicted molar refractivity (Wildman–Crippen MR) is 97.9 cm³/mol. The zero-order valence-electron chi connectivity index (χ0n) is 16.3. The van der Waals surface area contributed by atoms with Crippen molar-refractivity contribution in [2.45, 2.75) is 103 Å². The smallest absolute Gasteiger partial charge is 0.309 e. The van der Waals surface area contributed by atoms with E-state index in [-0.39, 0.29) is 23.3 Å². The van der Waals surface area contributed by atoms with E-state index in [9.17, 15) is 4.79 Å². The van der Waals surface area contributed by atoms with E-state index in [4.69, 9.17) is 9.47 Å². The maximum atomic E-state index is 11.7. The molecule has 0 saturated carbocycles. The quantitative estimate of drug-likeness (QED) is 0.416. The number of carbonyl (C=O) groups excluding carboxylic acids is 1. The van der Waals surface area contributed by atoms with Crippen molar-refractivity contribution in [2.75, 3.05) is 0 Å². The van der Waals surface area contributed by atoms with Gasteiger partial charge in [-0.05, 0) is 50.4 Å². The molecule has 0 N–H and O–H groups in total. The fourth-order valence-corrected chi connectivity index (χ4v) is 4.70. The second kappa shape index (κ2) is 8.03. The van der Waals surface area contributed by atoms with Crippen molar-refractivity contribution >= 4 is 5.97 Å². The molecule has 3 heteroatoms. The molecule has 0 aromatic heterocycles. The normalized spacial score (nSPS) is 35.2. The zero-order valence-corrected chi connectivity index (χ0v) is 16.3. The number of esters is 1. The number of carbonyl (C=O) groups is 1. The van der Waals surface area contributed by atoms with Crippen LogP contribution in [0.4, 0.5) is 0 Å². The van der Waals surface area contributed by atoms with Crippen LogP contribution in [0.2, 0.25) is 0 Å². The van der Waals surface area contributed by atoms with E-state index in [0.29, 0.717) is 18.3 Å². The molecular weight excluding hydrogens is 300 g/mol. The summed E-state index contributed by atoms with van der Waals surface area (Å²) in [5, 5.41) is 0. The zero-order chi connectivity index (χ0) is 17.8. The van der Waals surface area contributed by atoms with Crippen LogP contribution in [0.25, 0.3) is 0 Å². The first-order valence-electron chi connectivity index (χ1n) is 9.98. The van der Waals surface area contributed by atoms with Gasteiger partial charge in [-0.3, -0.25) is 4.79 Å². The third kappa shape index (κ3) is 4.04. The average Bonchev–Trinajstić information content (AvgIpc) is 3.01. The van der Waals surface area contributed by atoms with Gasteiger partial charge in [-0.25, -0.2) is 0 Å². The molecule has 0 amide bonds. The van der Waals surface area contributed by atoms with Crippen molar-refractivity contribution in [3.05, 3.63) is 12.2 Å². The number of ether oxygens (including phenoxy) is 2. The third-order valence-electron chi connectivity index (χ3n) is 6.11. The molecule has 0 aromatic rings. The topological polar surface area (TPSA) is 35.5 Å². The van der Waals surface area contributed by atoms with Crippen LogP contribution in [0.5, 0.6) is 0 Å². The van der Waals surface area contributed by atoms with Gasteiger partial charge in [0.25, 0.3) is 0 Å². The van der Waals surface area contributed by atoms with Gasteiger partial charge in [-0.2, -0.15) is 0 Å². The Hall–Kier alpha value is -0.830. The molecule has 2 aliphatic rings. The Morgan fingerprint density at radius 1 is 1.25 bits per heavy atom. The summed E-state index contributed by atoms with van der Waals surface area (Å²) in [6.07, 6.45) is 12.4. The highest BCUT2D eigenvalue weighted by Gasteiger charge is 2.60. The fourth-order valence-electron chi connectivity index (χ4n) is 4.70. The van der Waals surface area contributed by atoms with Crippen molar-refractivity contribution in [3.8, 4) is 0 Å². The molecule has 24 heavy (non-hydrogen) atoms. The van der Waals surface area contributed by atoms with Crippen LogP contribution in [0, 0.1) is 11.8 Å². The first kappa shape index (κ1) is 19.5. The van der Waals surface area contributed by atoms with E-state index in [1.165, 1.54) is 12.8 Å². The molecule has 2 fully saturated rings. The summed E-state index contributed by atoms with van der Waals surface area (Å²) < 4.78 is 12.2. The predicted octanol–water partition coefficient (Wildman–Crippen LogP) is 5.43. The summed E-state index contributed by atoms with van der Waals surface area (Å²) in [6.45, 7) is 11.1. The largest absolute Gasteiger partial charge is 0.456 e. The molecule has 0 radical (unpaired) electrons. The summed E-state index contributed by atoms with van der Waals surface area (Å²) in [4.78, 5) is 11.7. The lowest BCUT2D eigenvalue weighted by Gasteiger charge is -2.33. The van der Waals surface area contributed by atoms with Gasteiger partial charge in [0.15, 0.2) is 0 Å². The first-order chi connectivity index (χ1) is 11.4. The van der Waals surface area contributed by atoms with Gasteiger partial charge in [0.1, 0.15) is 11.7 Å². The Morgan fingerprint density at radius 2 is 2.00 bits per heavy atom. The van der Waals surface area contributed by atoms with E-state index in [1.54, 1.807) is 0 Å². The molecule has 0 aromatic carbocycles. The number of hydrogen-bond donors (Lipinski definition) is 0. The molecule has 3 nitrogen and oxygen atoms in total. The Balaban J connectivity index is 2.02. The maximum Gasteiger partial charge on any atom is 0.309 e. The maximum absolute atomic E-state index is 11.7. The Kier molecular flexibility index (Phi) is 6.52. The van der Waals surface area contributed by atoms with Crippen molar-refractivity contribution in [1.29, 1.82) is 0 Å². The van der Waals surface area contributed by atoms with Crippen molar-refractivity contribution in [1.82, 2.24) is 0 Å². The molecule has 5 atom stereocenters. The first-order valence-corrected chi connectivity index (χ1v) is 9.98. The van der Waals surface area contributed by atoms with Crippen LogP contribution in [0.3, 0.4) is 0 Å². The van der Waals surface area contributed by atoms with Crippen molar-refractivity contribution in [3.63, 3.8) is 0 Å². The Bertz CT molecular complexity index is 458. The van der Waals surface area contributed by atoms with Crippen molar-refractivity contribution in [2.24, 2.45) is 11.8 Å². The molecule has 2 saturated heterocycles.